The van der Waals surface area contributed by atoms with Gasteiger partial charge in [-0.2, -0.15) is 10.1 Å². The molecule has 1 atom stereocenters. The van der Waals surface area contributed by atoms with Crippen LogP contribution in [0.2, 0.25) is 0 Å². The number of hydrogen-bond acceptors (Lipinski definition) is 6. The van der Waals surface area contributed by atoms with Gasteiger partial charge in [-0.05, 0) is 23.8 Å². The van der Waals surface area contributed by atoms with Crippen molar-refractivity contribution in [1.82, 2.24) is 24.8 Å². The Balaban J connectivity index is 1.52. The maximum atomic E-state index is 13.0. The minimum Gasteiger partial charge on any atom is -0.377 e. The van der Waals surface area contributed by atoms with Gasteiger partial charge in [0.1, 0.15) is 11.9 Å². The third-order valence-electron chi connectivity index (χ3n) is 4.39. The van der Waals surface area contributed by atoms with E-state index in [0.29, 0.717) is 30.4 Å². The average molecular weight is 383 g/mol. The summed E-state index contributed by atoms with van der Waals surface area (Å²) in [7, 11) is 1.80. The number of nitrogens with zero attached hydrogens (tertiary/aromatic N) is 5. The Kier molecular flexibility index (Phi) is 4.98. The van der Waals surface area contributed by atoms with E-state index >= 15 is 0 Å². The van der Waals surface area contributed by atoms with Crippen molar-refractivity contribution >= 4 is 12.0 Å². The first-order chi connectivity index (χ1) is 13.6. The molecule has 0 bridgehead atoms. The molecule has 1 aliphatic heterocycles. The molecule has 2 aromatic heterocycles. The zero-order valence-corrected chi connectivity index (χ0v) is 15.2. The second kappa shape index (κ2) is 7.73. The summed E-state index contributed by atoms with van der Waals surface area (Å²) in [6.07, 6.45) is 6.49. The van der Waals surface area contributed by atoms with Crippen molar-refractivity contribution in [3.8, 4) is 11.5 Å². The molecule has 1 aromatic carbocycles. The van der Waals surface area contributed by atoms with Crippen molar-refractivity contribution in [1.29, 1.82) is 0 Å². The molecule has 1 unspecified atom stereocenters. The van der Waals surface area contributed by atoms with Crippen LogP contribution in [0.3, 0.4) is 0 Å². The van der Waals surface area contributed by atoms with Crippen LogP contribution in [-0.2, 0) is 16.6 Å². The minimum absolute atomic E-state index is 0.203. The smallest absolute Gasteiger partial charge is 0.261 e. The standard InChI is InChI=1S/C19H18FN5O3/c1-24-11-14(10-21-24)19-22-18(23-28-19)16-12-27-9-8-25(16)17(26)7-4-13-2-5-15(20)6-3-13/h2-7,10-11,16H,8-9,12H2,1H3/b7-4+. The Bertz CT molecular complexity index is 995. The van der Waals surface area contributed by atoms with E-state index < -0.39 is 6.04 Å². The van der Waals surface area contributed by atoms with E-state index in [1.165, 1.54) is 18.2 Å². The number of carbonyl (C=O) groups excluding carboxylic acids is 1. The average Bonchev–Trinajstić information content (AvgIpc) is 3.36. The maximum Gasteiger partial charge on any atom is 0.261 e. The van der Waals surface area contributed by atoms with Crippen LogP contribution in [0.4, 0.5) is 4.39 Å². The molecular formula is C19H18FN5O3. The second-order valence-electron chi connectivity index (χ2n) is 6.37. The number of hydrogen-bond donors (Lipinski definition) is 0. The molecule has 1 saturated heterocycles. The Labute approximate surface area is 160 Å². The number of aryl methyl sites for hydroxylation is 1. The van der Waals surface area contributed by atoms with Crippen molar-refractivity contribution in [2.45, 2.75) is 6.04 Å². The van der Waals surface area contributed by atoms with Crippen LogP contribution in [-0.4, -0.2) is 50.5 Å². The Morgan fingerprint density at radius 2 is 2.14 bits per heavy atom. The van der Waals surface area contributed by atoms with Gasteiger partial charge in [0.15, 0.2) is 5.82 Å². The van der Waals surface area contributed by atoms with E-state index in [1.54, 1.807) is 47.2 Å². The maximum absolute atomic E-state index is 13.0. The zero-order chi connectivity index (χ0) is 19.5. The summed E-state index contributed by atoms with van der Waals surface area (Å²) in [6, 6.07) is 5.46. The molecule has 0 N–H and O–H groups in total. The number of benzene rings is 1. The highest BCUT2D eigenvalue weighted by Gasteiger charge is 2.31. The Morgan fingerprint density at radius 1 is 1.32 bits per heavy atom. The highest BCUT2D eigenvalue weighted by molar-refractivity contribution is 5.92. The molecule has 28 heavy (non-hydrogen) atoms. The minimum atomic E-state index is -0.451. The lowest BCUT2D eigenvalue weighted by Crippen LogP contribution is -2.43. The van der Waals surface area contributed by atoms with Gasteiger partial charge in [-0.3, -0.25) is 9.48 Å². The van der Waals surface area contributed by atoms with E-state index in [4.69, 9.17) is 9.26 Å². The molecule has 0 saturated carbocycles. The van der Waals surface area contributed by atoms with Crippen molar-refractivity contribution in [2.24, 2.45) is 7.05 Å². The fraction of sp³-hybridized carbons (Fsp3) is 0.263. The molecule has 9 heteroatoms. The summed E-state index contributed by atoms with van der Waals surface area (Å²) in [5.74, 6) is 0.189. The molecule has 1 amide bonds. The molecule has 1 aliphatic rings. The number of rotatable bonds is 4. The molecule has 3 aromatic rings. The van der Waals surface area contributed by atoms with Gasteiger partial charge in [-0.15, -0.1) is 0 Å². The molecule has 0 aliphatic carbocycles. The topological polar surface area (TPSA) is 86.3 Å². The van der Waals surface area contributed by atoms with Crippen molar-refractivity contribution < 1.29 is 18.4 Å². The van der Waals surface area contributed by atoms with Crippen LogP contribution < -0.4 is 0 Å². The van der Waals surface area contributed by atoms with Crippen LogP contribution in [0.25, 0.3) is 17.5 Å². The molecule has 144 valence electrons. The third kappa shape index (κ3) is 3.84. The lowest BCUT2D eigenvalue weighted by molar-refractivity contribution is -0.135. The van der Waals surface area contributed by atoms with Crippen LogP contribution >= 0.6 is 0 Å². The summed E-state index contributed by atoms with van der Waals surface area (Å²) in [4.78, 5) is 18.8. The van der Waals surface area contributed by atoms with E-state index in [2.05, 4.69) is 15.2 Å². The van der Waals surface area contributed by atoms with Crippen LogP contribution in [0.1, 0.15) is 17.4 Å². The number of aromatic nitrogens is 4. The monoisotopic (exact) mass is 383 g/mol. The first kappa shape index (κ1) is 18.1. The lowest BCUT2D eigenvalue weighted by atomic mass is 10.1. The Hall–Kier alpha value is -3.33. The van der Waals surface area contributed by atoms with E-state index in [1.807, 2.05) is 0 Å². The second-order valence-corrected chi connectivity index (χ2v) is 6.37. The number of ether oxygens (including phenoxy) is 1. The van der Waals surface area contributed by atoms with E-state index in [9.17, 15) is 9.18 Å². The van der Waals surface area contributed by atoms with Gasteiger partial charge in [-0.25, -0.2) is 4.39 Å². The third-order valence-corrected chi connectivity index (χ3v) is 4.39. The van der Waals surface area contributed by atoms with Gasteiger partial charge < -0.3 is 14.2 Å². The van der Waals surface area contributed by atoms with Gasteiger partial charge in [0, 0.05) is 25.9 Å². The summed E-state index contributed by atoms with van der Waals surface area (Å²) in [5.41, 5.74) is 1.44. The van der Waals surface area contributed by atoms with Gasteiger partial charge in [0.25, 0.3) is 5.89 Å². The Morgan fingerprint density at radius 3 is 2.89 bits per heavy atom. The quantitative estimate of drug-likeness (QED) is 0.642. The number of morpholine rings is 1. The SMILES string of the molecule is Cn1cc(-c2nc(C3COCCN3C(=O)/C=C/c3ccc(F)cc3)no2)cn1. The highest BCUT2D eigenvalue weighted by atomic mass is 19.1. The molecule has 4 rings (SSSR count). The van der Waals surface area contributed by atoms with Gasteiger partial charge in [0.05, 0.1) is 25.0 Å². The first-order valence-corrected chi connectivity index (χ1v) is 8.75. The summed E-state index contributed by atoms with van der Waals surface area (Å²) < 4.78 is 25.5. The largest absolute Gasteiger partial charge is 0.377 e. The summed E-state index contributed by atoms with van der Waals surface area (Å²) in [5, 5.41) is 8.11. The van der Waals surface area contributed by atoms with Crippen molar-refractivity contribution in [3.05, 3.63) is 59.9 Å². The van der Waals surface area contributed by atoms with Gasteiger partial charge in [0.2, 0.25) is 5.91 Å². The molecule has 1 fully saturated rings. The van der Waals surface area contributed by atoms with E-state index in [-0.39, 0.29) is 18.3 Å². The lowest BCUT2D eigenvalue weighted by Gasteiger charge is -2.32. The predicted octanol–water partition coefficient (Wildman–Crippen LogP) is 2.22. The normalized spacial score (nSPS) is 17.4. The van der Waals surface area contributed by atoms with Crippen molar-refractivity contribution in [3.63, 3.8) is 0 Å². The van der Waals surface area contributed by atoms with E-state index in [0.717, 1.165) is 5.56 Å². The van der Waals surface area contributed by atoms with Crippen LogP contribution in [0.5, 0.6) is 0 Å². The highest BCUT2D eigenvalue weighted by Crippen LogP contribution is 2.25. The molecule has 0 radical (unpaired) electrons. The number of halogens is 1. The molecule has 0 spiro atoms. The van der Waals surface area contributed by atoms with Gasteiger partial charge >= 0.3 is 0 Å². The number of amides is 1. The molecular weight excluding hydrogens is 365 g/mol. The number of carbonyl (C=O) groups is 1. The summed E-state index contributed by atoms with van der Waals surface area (Å²) in [6.45, 7) is 1.12. The zero-order valence-electron chi connectivity index (χ0n) is 15.2. The molecule has 8 nitrogen and oxygen atoms in total. The first-order valence-electron chi connectivity index (χ1n) is 8.75. The van der Waals surface area contributed by atoms with Crippen LogP contribution in [0, 0.1) is 5.82 Å². The molecule has 3 heterocycles. The summed E-state index contributed by atoms with van der Waals surface area (Å²) >= 11 is 0. The fourth-order valence-electron chi connectivity index (χ4n) is 2.94. The fourth-order valence-corrected chi connectivity index (χ4v) is 2.94. The van der Waals surface area contributed by atoms with Gasteiger partial charge in [-0.1, -0.05) is 17.3 Å². The van der Waals surface area contributed by atoms with Crippen molar-refractivity contribution in [2.75, 3.05) is 19.8 Å². The predicted molar refractivity (Wildman–Crippen MR) is 97.2 cm³/mol. The van der Waals surface area contributed by atoms with Crippen LogP contribution in [0.15, 0.2) is 47.3 Å².